The van der Waals surface area contributed by atoms with E-state index in [0.29, 0.717) is 18.1 Å². The Labute approximate surface area is 127 Å². The number of nitrogens with one attached hydrogen (secondary N) is 1. The predicted octanol–water partition coefficient (Wildman–Crippen LogP) is 3.56. The largest absolute Gasteiger partial charge is 0.446 e. The van der Waals surface area contributed by atoms with Gasteiger partial charge in [0.1, 0.15) is 6.26 Å². The zero-order valence-corrected chi connectivity index (χ0v) is 13.4. The van der Waals surface area contributed by atoms with Crippen molar-refractivity contribution in [3.8, 4) is 0 Å². The minimum Gasteiger partial charge on any atom is -0.446 e. The van der Waals surface area contributed by atoms with Gasteiger partial charge in [0.2, 0.25) is 5.89 Å². The van der Waals surface area contributed by atoms with E-state index in [4.69, 9.17) is 10.2 Å². The van der Waals surface area contributed by atoms with Crippen molar-refractivity contribution in [2.75, 3.05) is 6.54 Å². The van der Waals surface area contributed by atoms with Gasteiger partial charge in [0, 0.05) is 6.54 Å². The lowest BCUT2D eigenvalue weighted by atomic mass is 10.1. The number of hydrogen-bond donors (Lipinski definition) is 2. The minimum atomic E-state index is -0.292. The van der Waals surface area contributed by atoms with E-state index in [1.165, 1.54) is 44.8 Å². The molecule has 0 saturated carbocycles. The van der Waals surface area contributed by atoms with Gasteiger partial charge in [0.05, 0.1) is 6.04 Å². The number of amides is 1. The Hall–Kier alpha value is -1.36. The van der Waals surface area contributed by atoms with Crippen molar-refractivity contribution in [3.63, 3.8) is 0 Å². The second-order valence-electron chi connectivity index (χ2n) is 5.59. The second kappa shape index (κ2) is 10.4. The summed E-state index contributed by atoms with van der Waals surface area (Å²) in [6.07, 6.45) is 11.4. The fraction of sp³-hybridized carbons (Fsp3) is 0.750. The Bertz CT molecular complexity index is 402. The molecule has 0 bridgehead atoms. The molecule has 5 nitrogen and oxygen atoms in total. The fourth-order valence-corrected chi connectivity index (χ4v) is 2.15. The van der Waals surface area contributed by atoms with Gasteiger partial charge in [-0.1, -0.05) is 51.9 Å². The molecule has 0 aliphatic rings. The normalized spacial score (nSPS) is 12.3. The van der Waals surface area contributed by atoms with Gasteiger partial charge in [0.15, 0.2) is 5.69 Å². The minimum absolute atomic E-state index is 0.186. The van der Waals surface area contributed by atoms with Crippen molar-refractivity contribution in [2.24, 2.45) is 5.73 Å². The van der Waals surface area contributed by atoms with Crippen molar-refractivity contribution in [2.45, 2.75) is 71.3 Å². The molecule has 0 fully saturated rings. The topological polar surface area (TPSA) is 81.2 Å². The molecule has 0 aromatic carbocycles. The molecule has 0 spiro atoms. The summed E-state index contributed by atoms with van der Waals surface area (Å²) in [5.74, 6) is 0.209. The summed E-state index contributed by atoms with van der Waals surface area (Å²) in [6, 6.07) is -0.292. The second-order valence-corrected chi connectivity index (χ2v) is 5.59. The van der Waals surface area contributed by atoms with E-state index in [-0.39, 0.29) is 11.9 Å². The summed E-state index contributed by atoms with van der Waals surface area (Å²) in [5, 5.41) is 2.86. The first-order chi connectivity index (χ1) is 10.1. The lowest BCUT2D eigenvalue weighted by Crippen LogP contribution is -2.24. The lowest BCUT2D eigenvalue weighted by molar-refractivity contribution is 0.0948. The quantitative estimate of drug-likeness (QED) is 0.611. The standard InChI is InChI=1S/C16H29N3O2/c1-3-4-5-6-7-8-9-10-11-18-15(20)14-12-21-16(19-14)13(2)17/h12-13H,3-11,17H2,1-2H3,(H,18,20). The van der Waals surface area contributed by atoms with E-state index < -0.39 is 0 Å². The third-order valence-corrected chi connectivity index (χ3v) is 3.46. The predicted molar refractivity (Wildman–Crippen MR) is 84.0 cm³/mol. The molecular formula is C16H29N3O2. The highest BCUT2D eigenvalue weighted by atomic mass is 16.3. The van der Waals surface area contributed by atoms with Gasteiger partial charge in [-0.2, -0.15) is 0 Å². The lowest BCUT2D eigenvalue weighted by Gasteiger charge is -2.03. The molecule has 5 heteroatoms. The average Bonchev–Trinajstić information content (AvgIpc) is 2.95. The van der Waals surface area contributed by atoms with E-state index in [1.807, 2.05) is 0 Å². The van der Waals surface area contributed by atoms with Crippen LogP contribution in [-0.2, 0) is 0 Å². The van der Waals surface area contributed by atoms with Crippen LogP contribution in [0.3, 0.4) is 0 Å². The monoisotopic (exact) mass is 295 g/mol. The van der Waals surface area contributed by atoms with Crippen LogP contribution in [0.5, 0.6) is 0 Å². The van der Waals surface area contributed by atoms with Crippen LogP contribution >= 0.6 is 0 Å². The molecule has 3 N–H and O–H groups in total. The zero-order chi connectivity index (χ0) is 15.5. The van der Waals surface area contributed by atoms with E-state index >= 15 is 0 Å². The average molecular weight is 295 g/mol. The van der Waals surface area contributed by atoms with Crippen LogP contribution in [0.15, 0.2) is 10.7 Å². The van der Waals surface area contributed by atoms with Crippen LogP contribution in [-0.4, -0.2) is 17.4 Å². The number of hydrogen-bond acceptors (Lipinski definition) is 4. The van der Waals surface area contributed by atoms with Gasteiger partial charge in [-0.05, 0) is 13.3 Å². The summed E-state index contributed by atoms with van der Waals surface area (Å²) in [4.78, 5) is 15.9. The molecule has 1 aromatic heterocycles. The molecule has 0 saturated heterocycles. The van der Waals surface area contributed by atoms with Gasteiger partial charge in [-0.15, -0.1) is 0 Å². The molecule has 1 rings (SSSR count). The van der Waals surface area contributed by atoms with E-state index in [1.54, 1.807) is 6.92 Å². The molecule has 0 aliphatic carbocycles. The third kappa shape index (κ3) is 7.27. The summed E-state index contributed by atoms with van der Waals surface area (Å²) in [6.45, 7) is 4.69. The maximum atomic E-state index is 11.8. The maximum Gasteiger partial charge on any atom is 0.273 e. The Morgan fingerprint density at radius 2 is 1.86 bits per heavy atom. The summed E-state index contributed by atoms with van der Waals surface area (Å²) in [7, 11) is 0. The van der Waals surface area contributed by atoms with E-state index in [9.17, 15) is 4.79 Å². The first-order valence-electron chi connectivity index (χ1n) is 8.14. The van der Waals surface area contributed by atoms with E-state index in [0.717, 1.165) is 12.8 Å². The van der Waals surface area contributed by atoms with Crippen molar-refractivity contribution in [3.05, 3.63) is 17.8 Å². The maximum absolute atomic E-state index is 11.8. The van der Waals surface area contributed by atoms with Crippen molar-refractivity contribution in [1.82, 2.24) is 10.3 Å². The molecule has 0 radical (unpaired) electrons. The van der Waals surface area contributed by atoms with Crippen molar-refractivity contribution >= 4 is 5.91 Å². The zero-order valence-electron chi connectivity index (χ0n) is 13.4. The first-order valence-corrected chi connectivity index (χ1v) is 8.14. The number of carbonyl (C=O) groups is 1. The number of carbonyl (C=O) groups excluding carboxylic acids is 1. The van der Waals surface area contributed by atoms with Crippen LogP contribution in [0, 0.1) is 0 Å². The van der Waals surface area contributed by atoms with Crippen molar-refractivity contribution < 1.29 is 9.21 Å². The summed E-state index contributed by atoms with van der Waals surface area (Å²) >= 11 is 0. The first kappa shape index (κ1) is 17.7. The van der Waals surface area contributed by atoms with E-state index in [2.05, 4.69) is 17.2 Å². The van der Waals surface area contributed by atoms with Crippen LogP contribution in [0.4, 0.5) is 0 Å². The molecule has 1 unspecified atom stereocenters. The van der Waals surface area contributed by atoms with Gasteiger partial charge in [-0.25, -0.2) is 4.98 Å². The molecule has 21 heavy (non-hydrogen) atoms. The van der Waals surface area contributed by atoms with Gasteiger partial charge in [-0.3, -0.25) is 4.79 Å². The van der Waals surface area contributed by atoms with Gasteiger partial charge >= 0.3 is 0 Å². The SMILES string of the molecule is CCCCCCCCCCNC(=O)c1coc(C(C)N)n1. The summed E-state index contributed by atoms with van der Waals surface area (Å²) < 4.78 is 5.14. The molecule has 120 valence electrons. The molecule has 0 aliphatic heterocycles. The van der Waals surface area contributed by atoms with Crippen LogP contribution in [0.1, 0.15) is 87.6 Å². The highest BCUT2D eigenvalue weighted by Gasteiger charge is 2.13. The fourth-order valence-electron chi connectivity index (χ4n) is 2.15. The molecular weight excluding hydrogens is 266 g/mol. The van der Waals surface area contributed by atoms with Crippen LogP contribution < -0.4 is 11.1 Å². The Morgan fingerprint density at radius 1 is 1.24 bits per heavy atom. The van der Waals surface area contributed by atoms with Crippen LogP contribution in [0.25, 0.3) is 0 Å². The Kier molecular flexibility index (Phi) is 8.74. The van der Waals surface area contributed by atoms with Crippen molar-refractivity contribution in [1.29, 1.82) is 0 Å². The number of unbranched alkanes of at least 4 members (excludes halogenated alkanes) is 7. The molecule has 1 aromatic rings. The Balaban J connectivity index is 2.05. The van der Waals surface area contributed by atoms with Crippen LogP contribution in [0.2, 0.25) is 0 Å². The smallest absolute Gasteiger partial charge is 0.273 e. The highest BCUT2D eigenvalue weighted by molar-refractivity contribution is 5.91. The molecule has 1 atom stereocenters. The molecule has 1 amide bonds. The molecule has 1 heterocycles. The number of nitrogens with zero attached hydrogens (tertiary/aromatic N) is 1. The summed E-state index contributed by atoms with van der Waals surface area (Å²) in [5.41, 5.74) is 5.95. The highest BCUT2D eigenvalue weighted by Crippen LogP contribution is 2.10. The number of rotatable bonds is 11. The Morgan fingerprint density at radius 3 is 2.43 bits per heavy atom. The van der Waals surface area contributed by atoms with Gasteiger partial charge < -0.3 is 15.5 Å². The van der Waals surface area contributed by atoms with Gasteiger partial charge in [0.25, 0.3) is 5.91 Å². The number of oxazole rings is 1. The number of aromatic nitrogens is 1. The third-order valence-electron chi connectivity index (χ3n) is 3.46. The number of nitrogens with two attached hydrogens (primary N) is 1.